The molecule has 128 valence electrons. The first-order valence-electron chi connectivity index (χ1n) is 6.36. The molecule has 0 heterocycles. The van der Waals surface area contributed by atoms with E-state index >= 15 is 0 Å². The monoisotopic (exact) mass is 352 g/mol. The lowest BCUT2D eigenvalue weighted by atomic mass is 10.1. The van der Waals surface area contributed by atoms with Crippen molar-refractivity contribution in [3.63, 3.8) is 0 Å². The van der Waals surface area contributed by atoms with Gasteiger partial charge in [0.05, 0.1) is 6.61 Å². The number of esters is 2. The van der Waals surface area contributed by atoms with E-state index in [0.29, 0.717) is 12.8 Å². The largest absolute Gasteiger partial charge is 0.463 e. The molecule has 0 aliphatic rings. The molecule has 1 aromatic carbocycles. The highest BCUT2D eigenvalue weighted by Gasteiger charge is 2.44. The molecule has 0 aliphatic heterocycles. The van der Waals surface area contributed by atoms with E-state index in [0.717, 1.165) is 5.56 Å². The Morgan fingerprint density at radius 1 is 1.17 bits per heavy atom. The first-order valence-corrected chi connectivity index (χ1v) is 7.10. The average Bonchev–Trinajstić information content (AvgIpc) is 2.55. The molecule has 0 bridgehead atoms. The van der Waals surface area contributed by atoms with Crippen molar-refractivity contribution in [1.82, 2.24) is 0 Å². The highest BCUT2D eigenvalue weighted by atomic mass is 32.2. The van der Waals surface area contributed by atoms with Crippen molar-refractivity contribution in [3.05, 3.63) is 35.9 Å². The van der Waals surface area contributed by atoms with Gasteiger partial charge < -0.3 is 9.47 Å². The van der Waals surface area contributed by atoms with Gasteiger partial charge in [0.25, 0.3) is 0 Å². The number of ether oxygens (including phenoxy) is 2. The predicted molar refractivity (Wildman–Crippen MR) is 74.0 cm³/mol. The molecule has 1 N–H and O–H groups in total. The Morgan fingerprint density at radius 2 is 1.87 bits per heavy atom. The Labute approximate surface area is 134 Å². The maximum Gasteiger partial charge on any atom is 0.415 e. The number of carbonyl (C=O) groups excluding carboxylic acids is 2. The molecule has 0 atom stereocenters. The summed E-state index contributed by atoms with van der Waals surface area (Å²) >= 11 is -0.775. The Morgan fingerprint density at radius 3 is 2.52 bits per heavy atom. The van der Waals surface area contributed by atoms with Crippen LogP contribution in [0.3, 0.4) is 0 Å². The lowest BCUT2D eigenvalue weighted by Crippen LogP contribution is -2.30. The molecule has 0 amide bonds. The number of hydrogen-bond acceptors (Lipinski definition) is 8. The van der Waals surface area contributed by atoms with Gasteiger partial charge in [-0.2, -0.15) is 8.78 Å². The third-order valence-electron chi connectivity index (χ3n) is 2.44. The summed E-state index contributed by atoms with van der Waals surface area (Å²) in [7, 11) is 0. The molecule has 0 saturated carbocycles. The SMILES string of the molecule is O=C(COC(=O)C(F)(F)SOOO)OCCCc1ccccc1. The van der Waals surface area contributed by atoms with E-state index in [2.05, 4.69) is 14.1 Å². The van der Waals surface area contributed by atoms with Crippen LogP contribution in [-0.2, 0) is 34.9 Å². The van der Waals surface area contributed by atoms with Crippen LogP contribution >= 0.6 is 12.0 Å². The minimum absolute atomic E-state index is 0.0673. The maximum absolute atomic E-state index is 13.0. The second-order valence-electron chi connectivity index (χ2n) is 4.13. The molecule has 0 aromatic heterocycles. The van der Waals surface area contributed by atoms with Crippen LogP contribution < -0.4 is 0 Å². The average molecular weight is 352 g/mol. The van der Waals surface area contributed by atoms with Crippen LogP contribution in [0.1, 0.15) is 12.0 Å². The Balaban J connectivity index is 2.17. The highest BCUT2D eigenvalue weighted by Crippen LogP contribution is 2.31. The zero-order valence-electron chi connectivity index (χ0n) is 11.8. The first-order chi connectivity index (χ1) is 11.0. The van der Waals surface area contributed by atoms with Gasteiger partial charge in [0.2, 0.25) is 0 Å². The molecule has 7 nitrogen and oxygen atoms in total. The van der Waals surface area contributed by atoms with Gasteiger partial charge in [0.15, 0.2) is 6.61 Å². The summed E-state index contributed by atoms with van der Waals surface area (Å²) < 4.78 is 38.2. The van der Waals surface area contributed by atoms with Gasteiger partial charge in [0, 0.05) is 0 Å². The number of halogens is 2. The lowest BCUT2D eigenvalue weighted by molar-refractivity contribution is -0.433. The van der Waals surface area contributed by atoms with E-state index < -0.39 is 35.8 Å². The number of benzene rings is 1. The fourth-order valence-corrected chi connectivity index (χ4v) is 1.69. The van der Waals surface area contributed by atoms with Crippen LogP contribution in [0.2, 0.25) is 0 Å². The van der Waals surface area contributed by atoms with Gasteiger partial charge in [-0.25, -0.2) is 14.8 Å². The zero-order valence-corrected chi connectivity index (χ0v) is 12.6. The van der Waals surface area contributed by atoms with Gasteiger partial charge in [-0.05, 0) is 18.4 Å². The summed E-state index contributed by atoms with van der Waals surface area (Å²) in [6, 6.07) is 9.47. The maximum atomic E-state index is 13.0. The number of aryl methyl sites for hydroxylation is 1. The molecule has 0 spiro atoms. The third kappa shape index (κ3) is 7.88. The molecule has 10 heteroatoms. The smallest absolute Gasteiger partial charge is 0.415 e. The normalized spacial score (nSPS) is 11.1. The fraction of sp³-hybridized carbons (Fsp3) is 0.385. The molecular weight excluding hydrogens is 338 g/mol. The Hall–Kier alpha value is -1.75. The molecule has 0 saturated heterocycles. The van der Waals surface area contributed by atoms with Crippen LogP contribution in [0.25, 0.3) is 0 Å². The van der Waals surface area contributed by atoms with E-state index in [9.17, 15) is 18.4 Å². The summed E-state index contributed by atoms with van der Waals surface area (Å²) in [4.78, 5) is 22.2. The van der Waals surface area contributed by atoms with E-state index in [1.54, 1.807) is 0 Å². The van der Waals surface area contributed by atoms with Crippen molar-refractivity contribution < 1.29 is 42.5 Å². The summed E-state index contributed by atoms with van der Waals surface area (Å²) in [6.45, 7) is -0.891. The second-order valence-corrected chi connectivity index (χ2v) is 4.94. The summed E-state index contributed by atoms with van der Waals surface area (Å²) in [5.41, 5.74) is 1.07. The Bertz CT molecular complexity index is 498. The van der Waals surface area contributed by atoms with Crippen LogP contribution in [0.15, 0.2) is 30.3 Å². The minimum Gasteiger partial charge on any atom is -0.463 e. The summed E-state index contributed by atoms with van der Waals surface area (Å²) in [5.74, 6) is -2.98. The van der Waals surface area contributed by atoms with Crippen molar-refractivity contribution in [1.29, 1.82) is 0 Å². The van der Waals surface area contributed by atoms with Gasteiger partial charge in [0.1, 0.15) is 12.0 Å². The van der Waals surface area contributed by atoms with Crippen LogP contribution in [-0.4, -0.2) is 35.7 Å². The van der Waals surface area contributed by atoms with E-state index in [-0.39, 0.29) is 6.61 Å². The van der Waals surface area contributed by atoms with E-state index in [1.807, 2.05) is 30.3 Å². The van der Waals surface area contributed by atoms with Crippen molar-refractivity contribution in [2.24, 2.45) is 0 Å². The van der Waals surface area contributed by atoms with Crippen molar-refractivity contribution in [3.8, 4) is 0 Å². The number of rotatable bonds is 10. The molecular formula is C13H14F2O7S. The van der Waals surface area contributed by atoms with E-state index in [1.165, 1.54) is 0 Å². The molecule has 23 heavy (non-hydrogen) atoms. The zero-order chi connectivity index (χ0) is 17.1. The second kappa shape index (κ2) is 10.1. The van der Waals surface area contributed by atoms with Gasteiger partial charge in [-0.3, -0.25) is 0 Å². The quantitative estimate of drug-likeness (QED) is 0.226. The molecule has 0 aliphatic carbocycles. The third-order valence-corrected chi connectivity index (χ3v) is 2.95. The van der Waals surface area contributed by atoms with E-state index in [4.69, 9.17) is 9.99 Å². The van der Waals surface area contributed by atoms with Gasteiger partial charge >= 0.3 is 17.2 Å². The van der Waals surface area contributed by atoms with Crippen molar-refractivity contribution in [2.45, 2.75) is 18.1 Å². The number of alkyl halides is 2. The number of carbonyl (C=O) groups is 2. The minimum atomic E-state index is -4.14. The van der Waals surface area contributed by atoms with Gasteiger partial charge in [-0.1, -0.05) is 35.4 Å². The predicted octanol–water partition coefficient (Wildman–Crippen LogP) is 2.37. The first kappa shape index (κ1) is 19.3. The molecule has 0 unspecified atom stereocenters. The number of hydrogen-bond donors (Lipinski definition) is 1. The standard InChI is InChI=1S/C13H14F2O7S/c14-13(15,23-22-21-18)12(17)20-9-11(16)19-8-4-7-10-5-2-1-3-6-10/h1-3,5-6,18H,4,7-9H2. The summed E-state index contributed by atoms with van der Waals surface area (Å²) in [5, 5.41) is 6.53. The van der Waals surface area contributed by atoms with Crippen molar-refractivity contribution >= 4 is 24.0 Å². The molecule has 1 aromatic rings. The van der Waals surface area contributed by atoms with Gasteiger partial charge in [-0.15, -0.1) is 4.33 Å². The van der Waals surface area contributed by atoms with Crippen LogP contribution in [0.4, 0.5) is 8.78 Å². The molecule has 0 radical (unpaired) electrons. The summed E-state index contributed by atoms with van der Waals surface area (Å²) in [6.07, 6.45) is 1.22. The van der Waals surface area contributed by atoms with Crippen molar-refractivity contribution in [2.75, 3.05) is 13.2 Å². The molecule has 1 rings (SSSR count). The topological polar surface area (TPSA) is 91.3 Å². The fourth-order valence-electron chi connectivity index (χ4n) is 1.45. The van der Waals surface area contributed by atoms with Crippen LogP contribution in [0, 0.1) is 0 Å². The Kier molecular flexibility index (Phi) is 8.48. The lowest BCUT2D eigenvalue weighted by Gasteiger charge is -2.11. The molecule has 0 fully saturated rings. The van der Waals surface area contributed by atoms with Crippen LogP contribution in [0.5, 0.6) is 0 Å². The highest BCUT2D eigenvalue weighted by molar-refractivity contribution is 7.96.